The van der Waals surface area contributed by atoms with Crippen LogP contribution in [0.4, 0.5) is 5.69 Å². The highest BCUT2D eigenvalue weighted by Crippen LogP contribution is 2.39. The topological polar surface area (TPSA) is 38.0 Å². The van der Waals surface area contributed by atoms with E-state index in [4.69, 9.17) is 5.73 Å². The van der Waals surface area contributed by atoms with E-state index in [0.717, 1.165) is 0 Å². The third-order valence-electron chi connectivity index (χ3n) is 3.89. The van der Waals surface area contributed by atoms with Crippen molar-refractivity contribution in [2.75, 3.05) is 11.6 Å². The molecule has 18 heavy (non-hydrogen) atoms. The Morgan fingerprint density at radius 1 is 1.44 bits per heavy atom. The van der Waals surface area contributed by atoms with Crippen LogP contribution in [0.5, 0.6) is 0 Å². The fourth-order valence-electron chi connectivity index (χ4n) is 2.88. The van der Waals surface area contributed by atoms with Crippen LogP contribution in [0, 0.1) is 5.41 Å². The summed E-state index contributed by atoms with van der Waals surface area (Å²) in [5, 5.41) is 3.70. The van der Waals surface area contributed by atoms with Gasteiger partial charge in [0, 0.05) is 28.7 Å². The SMILES string of the molecule is CSc1cccc(NC2CCC(C)(C)C2)c1CN. The maximum absolute atomic E-state index is 5.90. The molecule has 2 rings (SSSR count). The van der Waals surface area contributed by atoms with E-state index in [-0.39, 0.29) is 0 Å². The third kappa shape index (κ3) is 3.01. The first-order chi connectivity index (χ1) is 8.55. The molecule has 0 aromatic heterocycles. The van der Waals surface area contributed by atoms with Gasteiger partial charge in [-0.1, -0.05) is 19.9 Å². The largest absolute Gasteiger partial charge is 0.382 e. The van der Waals surface area contributed by atoms with Gasteiger partial charge in [0.1, 0.15) is 0 Å². The number of benzene rings is 1. The Morgan fingerprint density at radius 2 is 2.22 bits per heavy atom. The first kappa shape index (κ1) is 13.8. The van der Waals surface area contributed by atoms with E-state index < -0.39 is 0 Å². The van der Waals surface area contributed by atoms with Crippen LogP contribution >= 0.6 is 11.8 Å². The molecule has 0 amide bonds. The molecule has 3 N–H and O–H groups in total. The Hall–Kier alpha value is -0.670. The molecule has 1 aromatic rings. The monoisotopic (exact) mass is 264 g/mol. The summed E-state index contributed by atoms with van der Waals surface area (Å²) in [6.07, 6.45) is 5.93. The van der Waals surface area contributed by atoms with E-state index in [9.17, 15) is 0 Å². The Kier molecular flexibility index (Phi) is 4.23. The number of thioether (sulfide) groups is 1. The summed E-state index contributed by atoms with van der Waals surface area (Å²) in [5.41, 5.74) is 8.87. The third-order valence-corrected chi connectivity index (χ3v) is 4.71. The molecule has 100 valence electrons. The molecule has 1 aliphatic rings. The van der Waals surface area contributed by atoms with Gasteiger partial charge >= 0.3 is 0 Å². The van der Waals surface area contributed by atoms with Crippen LogP contribution in [0.1, 0.15) is 38.7 Å². The predicted octanol–water partition coefficient (Wildman–Crippen LogP) is 3.86. The molecule has 1 aromatic carbocycles. The van der Waals surface area contributed by atoms with Crippen LogP contribution in [-0.4, -0.2) is 12.3 Å². The minimum atomic E-state index is 0.484. The first-order valence-corrected chi connectivity index (χ1v) is 7.91. The van der Waals surface area contributed by atoms with Crippen LogP contribution in [0.25, 0.3) is 0 Å². The van der Waals surface area contributed by atoms with Gasteiger partial charge in [-0.15, -0.1) is 11.8 Å². The van der Waals surface area contributed by atoms with Crippen LogP contribution in [0.2, 0.25) is 0 Å². The number of anilines is 1. The minimum absolute atomic E-state index is 0.484. The fraction of sp³-hybridized carbons (Fsp3) is 0.600. The van der Waals surface area contributed by atoms with Gasteiger partial charge in [-0.25, -0.2) is 0 Å². The summed E-state index contributed by atoms with van der Waals surface area (Å²) in [6, 6.07) is 7.03. The molecular formula is C15H24N2S. The Bertz CT molecular complexity index is 415. The van der Waals surface area contributed by atoms with Crippen molar-refractivity contribution in [2.45, 2.75) is 50.6 Å². The predicted molar refractivity (Wildman–Crippen MR) is 81.2 cm³/mol. The Balaban J connectivity index is 2.14. The lowest BCUT2D eigenvalue weighted by Gasteiger charge is -2.21. The number of rotatable bonds is 4. The standard InChI is InChI=1S/C15H24N2S/c1-15(2)8-7-11(9-15)17-13-5-4-6-14(18-3)12(13)10-16/h4-6,11,17H,7-10,16H2,1-3H3. The van der Waals surface area contributed by atoms with E-state index in [1.54, 1.807) is 11.8 Å². The van der Waals surface area contributed by atoms with Crippen molar-refractivity contribution in [3.8, 4) is 0 Å². The van der Waals surface area contributed by atoms with Crippen LogP contribution < -0.4 is 11.1 Å². The van der Waals surface area contributed by atoms with E-state index in [2.05, 4.69) is 43.6 Å². The molecule has 1 saturated carbocycles. The lowest BCUT2D eigenvalue weighted by molar-refractivity contribution is 0.378. The van der Waals surface area contributed by atoms with Crippen molar-refractivity contribution in [2.24, 2.45) is 11.1 Å². The van der Waals surface area contributed by atoms with Gasteiger partial charge in [-0.2, -0.15) is 0 Å². The Labute approximate surface area is 115 Å². The van der Waals surface area contributed by atoms with Crippen molar-refractivity contribution in [3.05, 3.63) is 23.8 Å². The van der Waals surface area contributed by atoms with Gasteiger partial charge in [0.15, 0.2) is 0 Å². The summed E-state index contributed by atoms with van der Waals surface area (Å²) in [6.45, 7) is 5.32. The smallest absolute Gasteiger partial charge is 0.0399 e. The van der Waals surface area contributed by atoms with E-state index in [1.165, 1.54) is 35.4 Å². The molecule has 0 radical (unpaired) electrons. The molecule has 1 unspecified atom stereocenters. The summed E-state index contributed by atoms with van der Waals surface area (Å²) < 4.78 is 0. The molecule has 0 spiro atoms. The summed E-state index contributed by atoms with van der Waals surface area (Å²) in [5.74, 6) is 0. The molecule has 1 atom stereocenters. The number of nitrogens with one attached hydrogen (secondary N) is 1. The first-order valence-electron chi connectivity index (χ1n) is 6.68. The zero-order chi connectivity index (χ0) is 13.2. The van der Waals surface area contributed by atoms with Crippen molar-refractivity contribution >= 4 is 17.4 Å². The zero-order valence-electron chi connectivity index (χ0n) is 11.6. The molecular weight excluding hydrogens is 240 g/mol. The highest BCUT2D eigenvalue weighted by molar-refractivity contribution is 7.98. The average molecular weight is 264 g/mol. The second kappa shape index (κ2) is 5.54. The van der Waals surface area contributed by atoms with Crippen LogP contribution in [-0.2, 0) is 6.54 Å². The van der Waals surface area contributed by atoms with Gasteiger partial charge < -0.3 is 11.1 Å². The fourth-order valence-corrected chi connectivity index (χ4v) is 3.54. The van der Waals surface area contributed by atoms with E-state index >= 15 is 0 Å². The molecule has 1 fully saturated rings. The highest BCUT2D eigenvalue weighted by atomic mass is 32.2. The molecule has 0 bridgehead atoms. The van der Waals surface area contributed by atoms with Gasteiger partial charge in [0.25, 0.3) is 0 Å². The zero-order valence-corrected chi connectivity index (χ0v) is 12.4. The quantitative estimate of drug-likeness (QED) is 0.811. The van der Waals surface area contributed by atoms with E-state index in [1.807, 2.05) is 0 Å². The number of hydrogen-bond acceptors (Lipinski definition) is 3. The average Bonchev–Trinajstić information content (AvgIpc) is 2.68. The van der Waals surface area contributed by atoms with Gasteiger partial charge in [0.2, 0.25) is 0 Å². The van der Waals surface area contributed by atoms with Crippen molar-refractivity contribution in [1.29, 1.82) is 0 Å². The Morgan fingerprint density at radius 3 is 2.78 bits per heavy atom. The summed E-state index contributed by atoms with van der Waals surface area (Å²) in [7, 11) is 0. The molecule has 3 heteroatoms. The number of hydrogen-bond donors (Lipinski definition) is 2. The maximum atomic E-state index is 5.90. The molecule has 0 aliphatic heterocycles. The van der Waals surface area contributed by atoms with Gasteiger partial charge in [-0.3, -0.25) is 0 Å². The lowest BCUT2D eigenvalue weighted by Crippen LogP contribution is -2.19. The molecule has 0 heterocycles. The van der Waals surface area contributed by atoms with E-state index in [0.29, 0.717) is 18.0 Å². The van der Waals surface area contributed by atoms with Gasteiger partial charge in [-0.05, 0) is 43.1 Å². The van der Waals surface area contributed by atoms with Crippen molar-refractivity contribution < 1.29 is 0 Å². The number of nitrogens with two attached hydrogens (primary N) is 1. The van der Waals surface area contributed by atoms with Crippen LogP contribution in [0.3, 0.4) is 0 Å². The lowest BCUT2D eigenvalue weighted by atomic mass is 9.92. The summed E-state index contributed by atoms with van der Waals surface area (Å²) >= 11 is 1.77. The normalized spacial score (nSPS) is 22.1. The summed E-state index contributed by atoms with van der Waals surface area (Å²) in [4.78, 5) is 1.29. The molecule has 1 aliphatic carbocycles. The van der Waals surface area contributed by atoms with Gasteiger partial charge in [0.05, 0.1) is 0 Å². The minimum Gasteiger partial charge on any atom is -0.382 e. The highest BCUT2D eigenvalue weighted by Gasteiger charge is 2.31. The molecule has 2 nitrogen and oxygen atoms in total. The second-order valence-corrected chi connectivity index (χ2v) is 6.79. The van der Waals surface area contributed by atoms with Crippen LogP contribution in [0.15, 0.2) is 23.1 Å². The second-order valence-electron chi connectivity index (χ2n) is 5.94. The van der Waals surface area contributed by atoms with Crippen molar-refractivity contribution in [1.82, 2.24) is 0 Å². The van der Waals surface area contributed by atoms with Crippen molar-refractivity contribution in [3.63, 3.8) is 0 Å². The molecule has 0 saturated heterocycles. The maximum Gasteiger partial charge on any atom is 0.0399 e.